The highest BCUT2D eigenvalue weighted by Gasteiger charge is 2.36. The number of ether oxygens (including phenoxy) is 1. The summed E-state index contributed by atoms with van der Waals surface area (Å²) in [6.45, 7) is 10.6. The van der Waals surface area contributed by atoms with Gasteiger partial charge in [0, 0.05) is 12.2 Å². The van der Waals surface area contributed by atoms with Crippen molar-refractivity contribution in [2.45, 2.75) is 51.8 Å². The summed E-state index contributed by atoms with van der Waals surface area (Å²) in [5.74, 6) is -1.92. The molecular weight excluding hydrogens is 508 g/mol. The Morgan fingerprint density at radius 3 is 2.33 bits per heavy atom. The standard InChI is InChI=1S/C31H36N4O5/c1-6-20-11-10-14-23(17-20)27(28(37)33-24-16-15-21-12-8-9-13-22(21)18-24)35(7-2)29(38)25(19-26(32)36)34-30(39)40-31(3,4)5/h6,8-18,25,27H,1,7,19H2,2-5H3,(H2,32,36)(H,33,37)(H,34,39). The van der Waals surface area contributed by atoms with Crippen LogP contribution in [-0.4, -0.2) is 46.9 Å². The molecule has 3 aromatic carbocycles. The van der Waals surface area contributed by atoms with Gasteiger partial charge in [0.05, 0.1) is 6.42 Å². The average molecular weight is 545 g/mol. The molecule has 3 rings (SSSR count). The van der Waals surface area contributed by atoms with Crippen LogP contribution < -0.4 is 16.4 Å². The van der Waals surface area contributed by atoms with E-state index in [9.17, 15) is 19.2 Å². The van der Waals surface area contributed by atoms with Crippen molar-refractivity contribution >= 4 is 46.4 Å². The quantitative estimate of drug-likeness (QED) is 0.338. The molecule has 0 aliphatic carbocycles. The number of carbonyl (C=O) groups is 4. The number of fused-ring (bicyclic) bond motifs is 1. The van der Waals surface area contributed by atoms with Gasteiger partial charge in [0.25, 0.3) is 5.91 Å². The van der Waals surface area contributed by atoms with Crippen LogP contribution in [0.15, 0.2) is 73.3 Å². The highest BCUT2D eigenvalue weighted by Crippen LogP contribution is 2.27. The third kappa shape index (κ3) is 7.92. The molecule has 0 saturated carbocycles. The molecule has 0 fully saturated rings. The van der Waals surface area contributed by atoms with E-state index in [2.05, 4.69) is 17.2 Å². The van der Waals surface area contributed by atoms with Gasteiger partial charge in [-0.05, 0) is 67.8 Å². The molecule has 0 aliphatic heterocycles. The number of likely N-dealkylation sites (N-methyl/N-ethyl adjacent to an activating group) is 1. The van der Waals surface area contributed by atoms with Crippen LogP contribution >= 0.6 is 0 Å². The summed E-state index contributed by atoms with van der Waals surface area (Å²) in [5.41, 5.74) is 6.42. The summed E-state index contributed by atoms with van der Waals surface area (Å²) in [4.78, 5) is 53.4. The van der Waals surface area contributed by atoms with Gasteiger partial charge < -0.3 is 26.0 Å². The molecule has 0 aromatic heterocycles. The summed E-state index contributed by atoms with van der Waals surface area (Å²) < 4.78 is 5.29. The van der Waals surface area contributed by atoms with E-state index in [-0.39, 0.29) is 6.54 Å². The fraction of sp³-hybridized carbons (Fsp3) is 0.290. The van der Waals surface area contributed by atoms with Crippen molar-refractivity contribution in [3.8, 4) is 0 Å². The van der Waals surface area contributed by atoms with Crippen molar-refractivity contribution in [2.24, 2.45) is 5.73 Å². The Labute approximate surface area is 234 Å². The summed E-state index contributed by atoms with van der Waals surface area (Å²) in [6, 6.07) is 17.9. The van der Waals surface area contributed by atoms with Gasteiger partial charge in [-0.1, -0.05) is 61.2 Å². The van der Waals surface area contributed by atoms with Crippen LogP contribution in [-0.2, 0) is 19.1 Å². The Kier molecular flexibility index (Phi) is 9.66. The molecule has 4 N–H and O–H groups in total. The zero-order valence-electron chi connectivity index (χ0n) is 23.3. The Morgan fingerprint density at radius 2 is 1.70 bits per heavy atom. The normalized spacial score (nSPS) is 12.6. The molecule has 40 heavy (non-hydrogen) atoms. The molecular formula is C31H36N4O5. The lowest BCUT2D eigenvalue weighted by atomic mass is 9.99. The fourth-order valence-corrected chi connectivity index (χ4v) is 4.32. The largest absolute Gasteiger partial charge is 0.444 e. The zero-order valence-corrected chi connectivity index (χ0v) is 23.3. The molecule has 4 amide bonds. The van der Waals surface area contributed by atoms with Gasteiger partial charge in [-0.25, -0.2) is 4.79 Å². The predicted molar refractivity (Wildman–Crippen MR) is 156 cm³/mol. The van der Waals surface area contributed by atoms with Gasteiger partial charge in [-0.2, -0.15) is 0 Å². The van der Waals surface area contributed by atoms with Crippen LogP contribution in [0.5, 0.6) is 0 Å². The van der Waals surface area contributed by atoms with Gasteiger partial charge in [-0.15, -0.1) is 0 Å². The number of benzene rings is 3. The van der Waals surface area contributed by atoms with Crippen LogP contribution in [0.2, 0.25) is 0 Å². The lowest BCUT2D eigenvalue weighted by Gasteiger charge is -2.33. The molecule has 9 heteroatoms. The number of carbonyl (C=O) groups excluding carboxylic acids is 4. The Bertz CT molecular complexity index is 1410. The summed E-state index contributed by atoms with van der Waals surface area (Å²) in [7, 11) is 0. The maximum atomic E-state index is 13.9. The number of nitrogens with one attached hydrogen (secondary N) is 2. The van der Waals surface area contributed by atoms with E-state index in [1.807, 2.05) is 42.5 Å². The number of nitrogens with zero attached hydrogens (tertiary/aromatic N) is 1. The Balaban J connectivity index is 2.00. The lowest BCUT2D eigenvalue weighted by molar-refractivity contribution is -0.141. The van der Waals surface area contributed by atoms with Gasteiger partial charge in [0.1, 0.15) is 17.7 Å². The minimum atomic E-state index is -1.34. The van der Waals surface area contributed by atoms with Crippen LogP contribution in [0.4, 0.5) is 10.5 Å². The van der Waals surface area contributed by atoms with E-state index in [4.69, 9.17) is 10.5 Å². The van der Waals surface area contributed by atoms with Crippen LogP contribution in [0.25, 0.3) is 16.8 Å². The molecule has 0 heterocycles. The van der Waals surface area contributed by atoms with Crippen LogP contribution in [0.1, 0.15) is 51.3 Å². The molecule has 2 unspecified atom stereocenters. The molecule has 0 radical (unpaired) electrons. The Hall–Kier alpha value is -4.66. The van der Waals surface area contributed by atoms with E-state index in [1.165, 1.54) is 4.90 Å². The van der Waals surface area contributed by atoms with Crippen molar-refractivity contribution in [1.82, 2.24) is 10.2 Å². The van der Waals surface area contributed by atoms with Crippen molar-refractivity contribution in [1.29, 1.82) is 0 Å². The third-order valence-corrected chi connectivity index (χ3v) is 6.06. The van der Waals surface area contributed by atoms with Gasteiger partial charge in [0.15, 0.2) is 0 Å². The second-order valence-corrected chi connectivity index (χ2v) is 10.3. The molecule has 2 atom stereocenters. The molecule has 3 aromatic rings. The van der Waals surface area contributed by atoms with E-state index < -0.39 is 47.9 Å². The van der Waals surface area contributed by atoms with E-state index in [0.717, 1.165) is 16.3 Å². The van der Waals surface area contributed by atoms with E-state index in [1.54, 1.807) is 58.0 Å². The molecule has 210 valence electrons. The van der Waals surface area contributed by atoms with Crippen LogP contribution in [0.3, 0.4) is 0 Å². The summed E-state index contributed by atoms with van der Waals surface area (Å²) in [5, 5.41) is 7.34. The topological polar surface area (TPSA) is 131 Å². The maximum Gasteiger partial charge on any atom is 0.408 e. The van der Waals surface area contributed by atoms with Crippen LogP contribution in [0, 0.1) is 0 Å². The monoisotopic (exact) mass is 544 g/mol. The second-order valence-electron chi connectivity index (χ2n) is 10.3. The van der Waals surface area contributed by atoms with E-state index >= 15 is 0 Å². The van der Waals surface area contributed by atoms with Gasteiger partial charge in [-0.3, -0.25) is 14.4 Å². The number of anilines is 1. The van der Waals surface area contributed by atoms with Crippen molar-refractivity contribution in [3.63, 3.8) is 0 Å². The zero-order chi connectivity index (χ0) is 29.4. The van der Waals surface area contributed by atoms with E-state index in [0.29, 0.717) is 11.3 Å². The van der Waals surface area contributed by atoms with Crippen molar-refractivity contribution < 1.29 is 23.9 Å². The van der Waals surface area contributed by atoms with Gasteiger partial charge in [0.2, 0.25) is 11.8 Å². The second kappa shape index (κ2) is 12.9. The molecule has 0 saturated heterocycles. The lowest BCUT2D eigenvalue weighted by Crippen LogP contribution is -2.53. The minimum absolute atomic E-state index is 0.0955. The fourth-order valence-electron chi connectivity index (χ4n) is 4.32. The average Bonchev–Trinajstić information content (AvgIpc) is 2.89. The Morgan fingerprint density at radius 1 is 1.00 bits per heavy atom. The first-order valence-corrected chi connectivity index (χ1v) is 13.0. The molecule has 9 nitrogen and oxygen atoms in total. The molecule has 0 bridgehead atoms. The SMILES string of the molecule is C=Cc1cccc(C(C(=O)Nc2ccc3ccccc3c2)N(CC)C(=O)C(CC(N)=O)NC(=O)OC(C)(C)C)c1. The first kappa shape index (κ1) is 29.9. The summed E-state index contributed by atoms with van der Waals surface area (Å²) in [6.07, 6.45) is 0.286. The number of alkyl carbamates (subject to hydrolysis) is 1. The van der Waals surface area contributed by atoms with Gasteiger partial charge >= 0.3 is 6.09 Å². The first-order chi connectivity index (χ1) is 18.9. The van der Waals surface area contributed by atoms with Crippen molar-refractivity contribution in [3.05, 3.63) is 84.4 Å². The number of nitrogens with two attached hydrogens (primary N) is 1. The maximum absolute atomic E-state index is 13.9. The van der Waals surface area contributed by atoms with Crippen molar-refractivity contribution in [2.75, 3.05) is 11.9 Å². The molecule has 0 spiro atoms. The third-order valence-electron chi connectivity index (χ3n) is 6.06. The minimum Gasteiger partial charge on any atom is -0.444 e. The number of rotatable bonds is 10. The smallest absolute Gasteiger partial charge is 0.408 e. The first-order valence-electron chi connectivity index (χ1n) is 13.0. The molecule has 0 aliphatic rings. The highest BCUT2D eigenvalue weighted by molar-refractivity contribution is 6.01. The number of hydrogen-bond donors (Lipinski definition) is 3. The highest BCUT2D eigenvalue weighted by atomic mass is 16.6. The number of hydrogen-bond acceptors (Lipinski definition) is 5. The number of amides is 4. The summed E-state index contributed by atoms with van der Waals surface area (Å²) >= 11 is 0. The number of primary amides is 1. The predicted octanol–water partition coefficient (Wildman–Crippen LogP) is 4.78.